The maximum Gasteiger partial charge on any atom is 0.354 e. The third kappa shape index (κ3) is 4.71. The number of thiazole rings is 1. The van der Waals surface area contributed by atoms with Crippen molar-refractivity contribution in [1.82, 2.24) is 9.97 Å². The molecule has 0 radical (unpaired) electrons. The fourth-order valence-electron chi connectivity index (χ4n) is 2.23. The van der Waals surface area contributed by atoms with E-state index in [1.807, 2.05) is 30.5 Å². The molecule has 0 bridgehead atoms. The summed E-state index contributed by atoms with van der Waals surface area (Å²) < 4.78 is 4.67. The van der Waals surface area contributed by atoms with Crippen molar-refractivity contribution in [2.75, 3.05) is 12.4 Å². The summed E-state index contributed by atoms with van der Waals surface area (Å²) >= 11 is 8.84. The topological polar surface area (TPSA) is 84.1 Å². The average Bonchev–Trinajstić information content (AvgIpc) is 3.32. The maximum absolute atomic E-state index is 12.4. The first kappa shape index (κ1) is 19.5. The van der Waals surface area contributed by atoms with Crippen LogP contribution >= 0.6 is 34.7 Å². The molecule has 1 unspecified atom stereocenters. The molecule has 6 nitrogen and oxygen atoms in total. The van der Waals surface area contributed by atoms with Crippen molar-refractivity contribution in [2.24, 2.45) is 0 Å². The Morgan fingerprint density at radius 2 is 2.15 bits per heavy atom. The molecule has 0 saturated carbocycles. The molecule has 3 rings (SSSR count). The molecule has 0 spiro atoms. The summed E-state index contributed by atoms with van der Waals surface area (Å²) in [6.07, 6.45) is 1.67. The standard InChI is InChI=1S/C18H16ClN3O3S2/c1-10(27-15-6-4-3-5-12(15)19)16(23)22-18-21-14(9-26-18)11-7-13(20-8-11)17(24)25-2/h3-10,20H,1-2H3,(H,21,22,23). The molecule has 2 heterocycles. The van der Waals surface area contributed by atoms with Crippen LogP contribution in [0, 0.1) is 0 Å². The van der Waals surface area contributed by atoms with Crippen molar-refractivity contribution in [1.29, 1.82) is 0 Å². The zero-order valence-electron chi connectivity index (χ0n) is 14.5. The van der Waals surface area contributed by atoms with Crippen LogP contribution in [0.2, 0.25) is 5.02 Å². The Labute approximate surface area is 169 Å². The number of benzene rings is 1. The minimum atomic E-state index is -0.449. The molecule has 27 heavy (non-hydrogen) atoms. The number of nitrogens with one attached hydrogen (secondary N) is 2. The highest BCUT2D eigenvalue weighted by Crippen LogP contribution is 2.31. The Balaban J connectivity index is 1.64. The summed E-state index contributed by atoms with van der Waals surface area (Å²) in [5.41, 5.74) is 1.75. The number of carbonyl (C=O) groups is 2. The van der Waals surface area contributed by atoms with Crippen molar-refractivity contribution < 1.29 is 14.3 Å². The van der Waals surface area contributed by atoms with Crippen LogP contribution in [0.5, 0.6) is 0 Å². The lowest BCUT2D eigenvalue weighted by Gasteiger charge is -2.11. The van der Waals surface area contributed by atoms with Crippen molar-refractivity contribution in [3.05, 3.63) is 52.6 Å². The number of halogens is 1. The zero-order chi connectivity index (χ0) is 19.4. The molecule has 0 saturated heterocycles. The number of H-pyrrole nitrogens is 1. The molecular formula is C18H16ClN3O3S2. The van der Waals surface area contributed by atoms with E-state index in [9.17, 15) is 9.59 Å². The lowest BCUT2D eigenvalue weighted by atomic mass is 10.2. The van der Waals surface area contributed by atoms with Gasteiger partial charge in [-0.2, -0.15) is 0 Å². The number of hydrogen-bond acceptors (Lipinski definition) is 6. The number of aromatic nitrogens is 2. The van der Waals surface area contributed by atoms with Gasteiger partial charge in [0.1, 0.15) is 5.69 Å². The minimum Gasteiger partial charge on any atom is -0.464 e. The molecule has 3 aromatic rings. The lowest BCUT2D eigenvalue weighted by molar-refractivity contribution is -0.115. The molecule has 1 amide bonds. The zero-order valence-corrected chi connectivity index (χ0v) is 16.9. The predicted octanol–water partition coefficient (Wildman–Crippen LogP) is 4.70. The van der Waals surface area contributed by atoms with Crippen LogP contribution in [0.3, 0.4) is 0 Å². The van der Waals surface area contributed by atoms with Gasteiger partial charge in [-0.25, -0.2) is 9.78 Å². The maximum atomic E-state index is 12.4. The van der Waals surface area contributed by atoms with Gasteiger partial charge in [-0.1, -0.05) is 23.7 Å². The van der Waals surface area contributed by atoms with E-state index in [2.05, 4.69) is 20.0 Å². The van der Waals surface area contributed by atoms with Gasteiger partial charge in [0.25, 0.3) is 0 Å². The van der Waals surface area contributed by atoms with Crippen LogP contribution in [0.4, 0.5) is 5.13 Å². The van der Waals surface area contributed by atoms with Crippen molar-refractivity contribution in [3.8, 4) is 11.3 Å². The van der Waals surface area contributed by atoms with Gasteiger partial charge in [0.15, 0.2) is 5.13 Å². The second-order valence-electron chi connectivity index (χ2n) is 5.51. The summed E-state index contributed by atoms with van der Waals surface area (Å²) in [4.78, 5) is 32.0. The fraction of sp³-hybridized carbons (Fsp3) is 0.167. The Hall–Kier alpha value is -2.29. The Morgan fingerprint density at radius 1 is 1.37 bits per heavy atom. The van der Waals surface area contributed by atoms with Gasteiger partial charge >= 0.3 is 5.97 Å². The van der Waals surface area contributed by atoms with E-state index in [0.717, 1.165) is 10.5 Å². The third-order valence-electron chi connectivity index (χ3n) is 3.63. The summed E-state index contributed by atoms with van der Waals surface area (Å²) in [6.45, 7) is 1.81. The van der Waals surface area contributed by atoms with Crippen LogP contribution in [0.1, 0.15) is 17.4 Å². The molecule has 0 fully saturated rings. The number of esters is 1. The van der Waals surface area contributed by atoms with E-state index in [-0.39, 0.29) is 11.2 Å². The molecule has 2 aromatic heterocycles. The highest BCUT2D eigenvalue weighted by Gasteiger charge is 2.18. The molecule has 140 valence electrons. The van der Waals surface area contributed by atoms with Crippen LogP contribution < -0.4 is 5.32 Å². The largest absolute Gasteiger partial charge is 0.464 e. The van der Waals surface area contributed by atoms with Gasteiger partial charge < -0.3 is 15.0 Å². The minimum absolute atomic E-state index is 0.162. The van der Waals surface area contributed by atoms with Gasteiger partial charge in [0.05, 0.1) is 23.1 Å². The third-order valence-corrected chi connectivity index (χ3v) is 6.00. The molecule has 1 aromatic carbocycles. The van der Waals surface area contributed by atoms with E-state index in [4.69, 9.17) is 11.6 Å². The van der Waals surface area contributed by atoms with E-state index in [1.54, 1.807) is 18.3 Å². The van der Waals surface area contributed by atoms with Crippen LogP contribution in [0.25, 0.3) is 11.3 Å². The Kier molecular flexibility index (Phi) is 6.20. The summed E-state index contributed by atoms with van der Waals surface area (Å²) in [7, 11) is 1.32. The number of hydrogen-bond donors (Lipinski definition) is 2. The number of nitrogens with zero attached hydrogens (tertiary/aromatic N) is 1. The van der Waals surface area contributed by atoms with Crippen molar-refractivity contribution in [2.45, 2.75) is 17.1 Å². The first-order valence-electron chi connectivity index (χ1n) is 7.92. The van der Waals surface area contributed by atoms with Crippen molar-refractivity contribution >= 4 is 51.7 Å². The molecular weight excluding hydrogens is 406 g/mol. The van der Waals surface area contributed by atoms with Gasteiger partial charge in [-0.15, -0.1) is 23.1 Å². The number of anilines is 1. The van der Waals surface area contributed by atoms with E-state index >= 15 is 0 Å². The first-order valence-corrected chi connectivity index (χ1v) is 10.1. The summed E-state index contributed by atoms with van der Waals surface area (Å²) in [6, 6.07) is 9.05. The normalized spacial score (nSPS) is 11.8. The Morgan fingerprint density at radius 3 is 2.89 bits per heavy atom. The molecule has 0 aliphatic carbocycles. The van der Waals surface area contributed by atoms with Gasteiger partial charge in [-0.3, -0.25) is 4.79 Å². The second-order valence-corrected chi connectivity index (χ2v) is 8.16. The van der Waals surface area contributed by atoms with Gasteiger partial charge in [0, 0.05) is 22.0 Å². The quantitative estimate of drug-likeness (QED) is 0.445. The predicted molar refractivity (Wildman–Crippen MR) is 109 cm³/mol. The smallest absolute Gasteiger partial charge is 0.354 e. The van der Waals surface area contributed by atoms with E-state index in [1.165, 1.54) is 30.2 Å². The highest BCUT2D eigenvalue weighted by molar-refractivity contribution is 8.00. The lowest BCUT2D eigenvalue weighted by Crippen LogP contribution is -2.22. The number of carbonyl (C=O) groups excluding carboxylic acids is 2. The number of rotatable bonds is 6. The van der Waals surface area contributed by atoms with E-state index < -0.39 is 5.97 Å². The Bertz CT molecular complexity index is 970. The molecule has 2 N–H and O–H groups in total. The van der Waals surface area contributed by atoms with Crippen LogP contribution in [-0.4, -0.2) is 34.2 Å². The van der Waals surface area contributed by atoms with Crippen LogP contribution in [0.15, 0.2) is 46.8 Å². The fourth-order valence-corrected chi connectivity index (χ4v) is 4.10. The number of thioether (sulfide) groups is 1. The number of amides is 1. The average molecular weight is 422 g/mol. The monoisotopic (exact) mass is 421 g/mol. The first-order chi connectivity index (χ1) is 13.0. The van der Waals surface area contributed by atoms with Crippen molar-refractivity contribution in [3.63, 3.8) is 0 Å². The van der Waals surface area contributed by atoms with Gasteiger partial charge in [0.2, 0.25) is 5.91 Å². The number of methoxy groups -OCH3 is 1. The summed E-state index contributed by atoms with van der Waals surface area (Å²) in [5.74, 6) is -0.611. The number of ether oxygens (including phenoxy) is 1. The summed E-state index contributed by atoms with van der Waals surface area (Å²) in [5, 5.41) is 5.40. The molecule has 9 heteroatoms. The molecule has 0 aliphatic heterocycles. The van der Waals surface area contributed by atoms with E-state index in [0.29, 0.717) is 21.5 Å². The SMILES string of the molecule is COC(=O)c1cc(-c2csc(NC(=O)C(C)Sc3ccccc3Cl)n2)c[nH]1. The number of aromatic amines is 1. The highest BCUT2D eigenvalue weighted by atomic mass is 35.5. The second kappa shape index (κ2) is 8.60. The molecule has 0 aliphatic rings. The molecule has 1 atom stereocenters. The van der Waals surface area contributed by atoms with Gasteiger partial charge in [-0.05, 0) is 25.1 Å². The van der Waals surface area contributed by atoms with Crippen LogP contribution in [-0.2, 0) is 9.53 Å².